The van der Waals surface area contributed by atoms with Crippen molar-refractivity contribution in [2.75, 3.05) is 24.6 Å². The summed E-state index contributed by atoms with van der Waals surface area (Å²) in [5.74, 6) is -0.0119. The van der Waals surface area contributed by atoms with Crippen molar-refractivity contribution in [1.29, 1.82) is 0 Å². The molecule has 0 spiro atoms. The zero-order valence-electron chi connectivity index (χ0n) is 12.1. The van der Waals surface area contributed by atoms with E-state index in [9.17, 15) is 4.79 Å². The Morgan fingerprint density at radius 2 is 2.05 bits per heavy atom. The van der Waals surface area contributed by atoms with Crippen LogP contribution in [0.5, 0.6) is 0 Å². The molecular formula is C16H20N4O. The van der Waals surface area contributed by atoms with Crippen molar-refractivity contribution in [3.63, 3.8) is 0 Å². The number of hydrogen-bond acceptors (Lipinski definition) is 4. The standard InChI is InChI=1S/C16H20N4O/c1-20(12-13-5-8-18-9-6-13)10-7-16(21)19-15-4-2-3-14(17)11-15/h2-6,8-9,11H,7,10,12,17H2,1H3,(H,19,21). The molecule has 0 aliphatic carbocycles. The normalized spacial score (nSPS) is 10.6. The van der Waals surface area contributed by atoms with Crippen molar-refractivity contribution < 1.29 is 4.79 Å². The molecule has 21 heavy (non-hydrogen) atoms. The van der Waals surface area contributed by atoms with Gasteiger partial charge in [-0.05, 0) is 42.9 Å². The Labute approximate surface area is 124 Å². The number of carbonyl (C=O) groups excluding carboxylic acids is 1. The number of hydrogen-bond donors (Lipinski definition) is 2. The van der Waals surface area contributed by atoms with Crippen LogP contribution in [0.2, 0.25) is 0 Å². The van der Waals surface area contributed by atoms with Gasteiger partial charge in [-0.15, -0.1) is 0 Å². The zero-order chi connectivity index (χ0) is 15.1. The first-order valence-electron chi connectivity index (χ1n) is 6.86. The molecule has 1 aromatic carbocycles. The molecule has 1 heterocycles. The highest BCUT2D eigenvalue weighted by Crippen LogP contribution is 2.12. The average Bonchev–Trinajstić information content (AvgIpc) is 2.46. The lowest BCUT2D eigenvalue weighted by Gasteiger charge is -2.16. The van der Waals surface area contributed by atoms with E-state index in [0.717, 1.165) is 12.2 Å². The molecule has 110 valence electrons. The van der Waals surface area contributed by atoms with E-state index in [1.807, 2.05) is 31.3 Å². The van der Waals surface area contributed by atoms with E-state index in [4.69, 9.17) is 5.73 Å². The van der Waals surface area contributed by atoms with Gasteiger partial charge in [0.15, 0.2) is 0 Å². The fraction of sp³-hybridized carbons (Fsp3) is 0.250. The molecule has 0 unspecified atom stereocenters. The number of carbonyl (C=O) groups is 1. The SMILES string of the molecule is CN(CCC(=O)Nc1cccc(N)c1)Cc1ccncc1. The Kier molecular flexibility index (Phi) is 5.29. The van der Waals surface area contributed by atoms with Crippen LogP contribution < -0.4 is 11.1 Å². The minimum absolute atomic E-state index is 0.0119. The van der Waals surface area contributed by atoms with Crippen LogP contribution in [0.1, 0.15) is 12.0 Å². The summed E-state index contributed by atoms with van der Waals surface area (Å²) >= 11 is 0. The van der Waals surface area contributed by atoms with Crippen LogP contribution in [0.3, 0.4) is 0 Å². The van der Waals surface area contributed by atoms with E-state index in [-0.39, 0.29) is 5.91 Å². The molecule has 5 heteroatoms. The monoisotopic (exact) mass is 284 g/mol. The molecule has 1 aromatic heterocycles. The van der Waals surface area contributed by atoms with Crippen LogP contribution >= 0.6 is 0 Å². The maximum Gasteiger partial charge on any atom is 0.225 e. The third-order valence-corrected chi connectivity index (χ3v) is 3.09. The number of aromatic nitrogens is 1. The fourth-order valence-corrected chi connectivity index (χ4v) is 2.01. The average molecular weight is 284 g/mol. The predicted octanol–water partition coefficient (Wildman–Crippen LogP) is 2.12. The Bertz CT molecular complexity index is 586. The molecule has 5 nitrogen and oxygen atoms in total. The largest absolute Gasteiger partial charge is 0.399 e. The van der Waals surface area contributed by atoms with Gasteiger partial charge < -0.3 is 16.0 Å². The molecule has 3 N–H and O–H groups in total. The first kappa shape index (κ1) is 15.0. The molecule has 1 amide bonds. The van der Waals surface area contributed by atoms with Gasteiger partial charge in [0, 0.05) is 43.3 Å². The Morgan fingerprint density at radius 1 is 1.29 bits per heavy atom. The van der Waals surface area contributed by atoms with E-state index >= 15 is 0 Å². The molecule has 2 aromatic rings. The minimum Gasteiger partial charge on any atom is -0.399 e. The summed E-state index contributed by atoms with van der Waals surface area (Å²) in [5, 5.41) is 2.85. The topological polar surface area (TPSA) is 71.2 Å². The second-order valence-electron chi connectivity index (χ2n) is 5.02. The number of nitrogens with zero attached hydrogens (tertiary/aromatic N) is 2. The van der Waals surface area contributed by atoms with Gasteiger partial charge in [0.2, 0.25) is 5.91 Å². The van der Waals surface area contributed by atoms with Gasteiger partial charge in [0.05, 0.1) is 0 Å². The maximum absolute atomic E-state index is 11.9. The molecule has 0 bridgehead atoms. The van der Waals surface area contributed by atoms with Crippen LogP contribution in [0.4, 0.5) is 11.4 Å². The third kappa shape index (κ3) is 5.24. The lowest BCUT2D eigenvalue weighted by Crippen LogP contribution is -2.24. The number of rotatable bonds is 6. The van der Waals surface area contributed by atoms with Crippen molar-refractivity contribution in [2.45, 2.75) is 13.0 Å². The molecule has 0 saturated carbocycles. The van der Waals surface area contributed by atoms with Gasteiger partial charge in [-0.3, -0.25) is 9.78 Å². The molecule has 0 fully saturated rings. The second-order valence-corrected chi connectivity index (χ2v) is 5.02. The van der Waals surface area contributed by atoms with Crippen LogP contribution in [0, 0.1) is 0 Å². The molecule has 0 saturated heterocycles. The van der Waals surface area contributed by atoms with Crippen LogP contribution in [-0.4, -0.2) is 29.4 Å². The number of amides is 1. The van der Waals surface area contributed by atoms with E-state index in [1.165, 1.54) is 5.56 Å². The zero-order valence-corrected chi connectivity index (χ0v) is 12.1. The summed E-state index contributed by atoms with van der Waals surface area (Å²) in [6.07, 6.45) is 3.99. The number of benzene rings is 1. The quantitative estimate of drug-likeness (QED) is 0.797. The highest BCUT2D eigenvalue weighted by molar-refractivity contribution is 5.91. The first-order valence-corrected chi connectivity index (χ1v) is 6.86. The highest BCUT2D eigenvalue weighted by Gasteiger charge is 2.06. The third-order valence-electron chi connectivity index (χ3n) is 3.09. The van der Waals surface area contributed by atoms with E-state index in [1.54, 1.807) is 24.5 Å². The maximum atomic E-state index is 11.9. The first-order chi connectivity index (χ1) is 10.1. The van der Waals surface area contributed by atoms with E-state index < -0.39 is 0 Å². The Balaban J connectivity index is 1.76. The molecule has 2 rings (SSSR count). The van der Waals surface area contributed by atoms with Gasteiger partial charge in [0.25, 0.3) is 0 Å². The smallest absolute Gasteiger partial charge is 0.225 e. The van der Waals surface area contributed by atoms with Crippen molar-refractivity contribution in [1.82, 2.24) is 9.88 Å². The lowest BCUT2D eigenvalue weighted by atomic mass is 10.2. The van der Waals surface area contributed by atoms with Gasteiger partial charge in [-0.25, -0.2) is 0 Å². The number of nitrogens with one attached hydrogen (secondary N) is 1. The summed E-state index contributed by atoms with van der Waals surface area (Å²) in [6, 6.07) is 11.1. The number of nitrogen functional groups attached to an aromatic ring is 1. The van der Waals surface area contributed by atoms with Gasteiger partial charge in [-0.1, -0.05) is 6.07 Å². The Hall–Kier alpha value is -2.40. The number of anilines is 2. The van der Waals surface area contributed by atoms with E-state index in [0.29, 0.717) is 18.7 Å². The summed E-state index contributed by atoms with van der Waals surface area (Å²) in [5.41, 5.74) is 8.24. The van der Waals surface area contributed by atoms with Crippen molar-refractivity contribution in [3.05, 3.63) is 54.4 Å². The Morgan fingerprint density at radius 3 is 2.76 bits per heavy atom. The summed E-state index contributed by atoms with van der Waals surface area (Å²) in [4.78, 5) is 18.0. The summed E-state index contributed by atoms with van der Waals surface area (Å²) in [7, 11) is 1.99. The van der Waals surface area contributed by atoms with Crippen LogP contribution in [0.15, 0.2) is 48.8 Å². The van der Waals surface area contributed by atoms with Crippen LogP contribution in [0.25, 0.3) is 0 Å². The lowest BCUT2D eigenvalue weighted by molar-refractivity contribution is -0.116. The van der Waals surface area contributed by atoms with Crippen molar-refractivity contribution in [2.24, 2.45) is 0 Å². The number of pyridine rings is 1. The summed E-state index contributed by atoms with van der Waals surface area (Å²) < 4.78 is 0. The predicted molar refractivity (Wildman–Crippen MR) is 84.7 cm³/mol. The van der Waals surface area contributed by atoms with Gasteiger partial charge in [-0.2, -0.15) is 0 Å². The van der Waals surface area contributed by atoms with Crippen molar-refractivity contribution in [3.8, 4) is 0 Å². The molecule has 0 aliphatic rings. The van der Waals surface area contributed by atoms with Gasteiger partial charge in [0.1, 0.15) is 0 Å². The van der Waals surface area contributed by atoms with Crippen molar-refractivity contribution >= 4 is 17.3 Å². The molecule has 0 radical (unpaired) electrons. The second kappa shape index (κ2) is 7.40. The summed E-state index contributed by atoms with van der Waals surface area (Å²) in [6.45, 7) is 1.49. The highest BCUT2D eigenvalue weighted by atomic mass is 16.1. The minimum atomic E-state index is -0.0119. The fourth-order valence-electron chi connectivity index (χ4n) is 2.01. The van der Waals surface area contributed by atoms with Gasteiger partial charge >= 0.3 is 0 Å². The molecular weight excluding hydrogens is 264 g/mol. The van der Waals surface area contributed by atoms with E-state index in [2.05, 4.69) is 15.2 Å². The molecule has 0 aliphatic heterocycles. The van der Waals surface area contributed by atoms with Crippen LogP contribution in [-0.2, 0) is 11.3 Å². The number of nitrogens with two attached hydrogens (primary N) is 1. The molecule has 0 atom stereocenters.